The van der Waals surface area contributed by atoms with E-state index < -0.39 is 0 Å². The summed E-state index contributed by atoms with van der Waals surface area (Å²) in [6, 6.07) is 17.4. The fourth-order valence-corrected chi connectivity index (χ4v) is 2.77. The summed E-state index contributed by atoms with van der Waals surface area (Å²) in [5.41, 5.74) is 3.49. The van der Waals surface area contributed by atoms with Gasteiger partial charge in [0, 0.05) is 12.3 Å². The maximum absolute atomic E-state index is 12.1. The average molecular weight is 320 g/mol. The van der Waals surface area contributed by atoms with Gasteiger partial charge < -0.3 is 5.32 Å². The van der Waals surface area contributed by atoms with E-state index in [-0.39, 0.29) is 11.9 Å². The number of amides is 2. The first kappa shape index (κ1) is 15.9. The van der Waals surface area contributed by atoms with E-state index in [1.807, 2.05) is 68.4 Å². The second-order valence-corrected chi connectivity index (χ2v) is 5.57. The van der Waals surface area contributed by atoms with Gasteiger partial charge in [-0.3, -0.25) is 10.3 Å². The second-order valence-electron chi connectivity index (χ2n) is 5.57. The Hall–Kier alpha value is -2.95. The molecule has 0 bridgehead atoms. The van der Waals surface area contributed by atoms with Crippen LogP contribution in [-0.2, 0) is 0 Å². The maximum atomic E-state index is 12.1. The van der Waals surface area contributed by atoms with Crippen molar-refractivity contribution >= 4 is 29.0 Å². The van der Waals surface area contributed by atoms with Crippen molar-refractivity contribution < 1.29 is 4.79 Å². The standard InChI is InChI=1S/C19H20N4O/c1-3-20-19(24)23-18-17(14-9-5-4-6-10-14)13(2)21-15-11-7-8-12-16(15)22-18/h4-12,17H,3H2,1-2H3,(H2,20,22,23,24). The van der Waals surface area contributed by atoms with Gasteiger partial charge in [0.05, 0.1) is 17.3 Å². The molecule has 0 aromatic heterocycles. The number of hydrogen-bond donors (Lipinski definition) is 2. The average Bonchev–Trinajstić information content (AvgIpc) is 2.71. The maximum Gasteiger partial charge on any atom is 0.320 e. The topological polar surface area (TPSA) is 65.8 Å². The minimum atomic E-state index is -0.260. The van der Waals surface area contributed by atoms with Gasteiger partial charge in [0.15, 0.2) is 0 Å². The summed E-state index contributed by atoms with van der Waals surface area (Å²) in [6.07, 6.45) is 0. The number of para-hydroxylation sites is 2. The lowest BCUT2D eigenvalue weighted by Gasteiger charge is -2.19. The molecule has 1 aliphatic rings. The lowest BCUT2D eigenvalue weighted by molar-refractivity contribution is 0.245. The number of benzene rings is 2. The van der Waals surface area contributed by atoms with Crippen LogP contribution in [0.2, 0.25) is 0 Å². The second kappa shape index (κ2) is 7.08. The van der Waals surface area contributed by atoms with E-state index in [1.165, 1.54) is 0 Å². The Kier molecular flexibility index (Phi) is 4.70. The Labute approximate surface area is 141 Å². The van der Waals surface area contributed by atoms with Crippen molar-refractivity contribution in [1.82, 2.24) is 10.6 Å². The Balaban J connectivity index is 2.09. The zero-order chi connectivity index (χ0) is 16.9. The molecule has 0 radical (unpaired) electrons. The number of aliphatic imine (C=N–C) groups is 2. The first-order valence-corrected chi connectivity index (χ1v) is 8.01. The summed E-state index contributed by atoms with van der Waals surface area (Å²) in [6.45, 7) is 4.40. The molecule has 2 amide bonds. The molecule has 1 aliphatic heterocycles. The minimum absolute atomic E-state index is 0.193. The molecule has 2 aromatic rings. The Morgan fingerprint density at radius 2 is 1.62 bits per heavy atom. The summed E-state index contributed by atoms with van der Waals surface area (Å²) in [7, 11) is 0. The van der Waals surface area contributed by atoms with Crippen molar-refractivity contribution in [3.05, 3.63) is 60.2 Å². The van der Waals surface area contributed by atoms with Crippen LogP contribution >= 0.6 is 0 Å². The summed E-state index contributed by atoms with van der Waals surface area (Å²) in [5, 5.41) is 5.65. The van der Waals surface area contributed by atoms with E-state index >= 15 is 0 Å². The molecule has 0 saturated heterocycles. The van der Waals surface area contributed by atoms with E-state index in [2.05, 4.69) is 10.6 Å². The van der Waals surface area contributed by atoms with Crippen LogP contribution < -0.4 is 10.6 Å². The molecule has 1 heterocycles. The van der Waals surface area contributed by atoms with Gasteiger partial charge >= 0.3 is 6.03 Å². The summed E-state index contributed by atoms with van der Waals surface area (Å²) < 4.78 is 0. The normalized spacial score (nSPS) is 16.3. The van der Waals surface area contributed by atoms with E-state index in [0.29, 0.717) is 12.4 Å². The number of urea groups is 1. The highest BCUT2D eigenvalue weighted by molar-refractivity contribution is 6.17. The first-order valence-electron chi connectivity index (χ1n) is 8.01. The van der Waals surface area contributed by atoms with Crippen molar-refractivity contribution in [3.8, 4) is 0 Å². The highest BCUT2D eigenvalue weighted by atomic mass is 16.2. The van der Waals surface area contributed by atoms with Gasteiger partial charge in [0.1, 0.15) is 5.84 Å². The van der Waals surface area contributed by atoms with Crippen LogP contribution in [0.4, 0.5) is 16.2 Å². The number of hydrogen-bond acceptors (Lipinski definition) is 3. The van der Waals surface area contributed by atoms with E-state index in [1.54, 1.807) is 0 Å². The number of nitrogens with one attached hydrogen (secondary N) is 2. The van der Waals surface area contributed by atoms with Crippen molar-refractivity contribution in [2.75, 3.05) is 6.54 Å². The lowest BCUT2D eigenvalue weighted by atomic mass is 9.93. The SMILES string of the molecule is CCNC(=O)NC1=Nc2ccccc2N=C(C)C1c1ccccc1. The Morgan fingerprint density at radius 1 is 1.00 bits per heavy atom. The van der Waals surface area contributed by atoms with Crippen LogP contribution in [0, 0.1) is 0 Å². The van der Waals surface area contributed by atoms with Gasteiger partial charge in [-0.1, -0.05) is 42.5 Å². The van der Waals surface area contributed by atoms with Crippen LogP contribution in [0.3, 0.4) is 0 Å². The van der Waals surface area contributed by atoms with Gasteiger partial charge in [-0.25, -0.2) is 9.79 Å². The molecule has 122 valence electrons. The highest BCUT2D eigenvalue weighted by Gasteiger charge is 2.26. The third-order valence-corrected chi connectivity index (χ3v) is 3.82. The molecule has 1 unspecified atom stereocenters. The fourth-order valence-electron chi connectivity index (χ4n) is 2.77. The summed E-state index contributed by atoms with van der Waals surface area (Å²) in [5.74, 6) is 0.388. The van der Waals surface area contributed by atoms with Crippen LogP contribution in [0.5, 0.6) is 0 Å². The van der Waals surface area contributed by atoms with Crippen molar-refractivity contribution in [2.24, 2.45) is 9.98 Å². The van der Waals surface area contributed by atoms with E-state index in [0.717, 1.165) is 22.6 Å². The molecule has 0 spiro atoms. The van der Waals surface area contributed by atoms with Gasteiger partial charge in [-0.2, -0.15) is 0 Å². The van der Waals surface area contributed by atoms with Crippen molar-refractivity contribution in [3.63, 3.8) is 0 Å². The van der Waals surface area contributed by atoms with Gasteiger partial charge in [-0.15, -0.1) is 0 Å². The number of nitrogens with zero attached hydrogens (tertiary/aromatic N) is 2. The molecule has 1 atom stereocenters. The molecular weight excluding hydrogens is 300 g/mol. The quantitative estimate of drug-likeness (QED) is 0.865. The van der Waals surface area contributed by atoms with Gasteiger partial charge in [0.2, 0.25) is 0 Å². The largest absolute Gasteiger partial charge is 0.338 e. The zero-order valence-electron chi connectivity index (χ0n) is 13.8. The molecule has 24 heavy (non-hydrogen) atoms. The third kappa shape index (κ3) is 3.35. The molecule has 0 saturated carbocycles. The van der Waals surface area contributed by atoms with Gasteiger partial charge in [-0.05, 0) is 31.5 Å². The summed E-state index contributed by atoms with van der Waals surface area (Å²) >= 11 is 0. The van der Waals surface area contributed by atoms with Crippen LogP contribution in [0.25, 0.3) is 0 Å². The molecular formula is C19H20N4O. The third-order valence-electron chi connectivity index (χ3n) is 3.82. The number of rotatable bonds is 2. The Morgan fingerprint density at radius 3 is 2.29 bits per heavy atom. The molecule has 3 rings (SSSR count). The predicted molar refractivity (Wildman–Crippen MR) is 97.7 cm³/mol. The first-order chi connectivity index (χ1) is 11.7. The van der Waals surface area contributed by atoms with Crippen LogP contribution in [0.15, 0.2) is 64.6 Å². The number of carbonyl (C=O) groups excluding carboxylic acids is 1. The smallest absolute Gasteiger partial charge is 0.320 e. The van der Waals surface area contributed by atoms with Crippen molar-refractivity contribution in [1.29, 1.82) is 0 Å². The number of amidine groups is 1. The van der Waals surface area contributed by atoms with Crippen molar-refractivity contribution in [2.45, 2.75) is 19.8 Å². The Bertz CT molecular complexity index is 796. The molecule has 2 N–H and O–H groups in total. The fraction of sp³-hybridized carbons (Fsp3) is 0.211. The van der Waals surface area contributed by atoms with E-state index in [9.17, 15) is 4.79 Å². The minimum Gasteiger partial charge on any atom is -0.338 e. The van der Waals surface area contributed by atoms with Crippen LogP contribution in [-0.4, -0.2) is 24.1 Å². The predicted octanol–water partition coefficient (Wildman–Crippen LogP) is 3.93. The van der Waals surface area contributed by atoms with Crippen LogP contribution in [0.1, 0.15) is 25.3 Å². The van der Waals surface area contributed by atoms with E-state index in [4.69, 9.17) is 9.98 Å². The van der Waals surface area contributed by atoms with Gasteiger partial charge in [0.25, 0.3) is 0 Å². The lowest BCUT2D eigenvalue weighted by Crippen LogP contribution is -2.43. The summed E-state index contributed by atoms with van der Waals surface area (Å²) in [4.78, 5) is 21.5. The molecule has 0 fully saturated rings. The highest BCUT2D eigenvalue weighted by Crippen LogP contribution is 2.34. The monoisotopic (exact) mass is 320 g/mol. The number of fused-ring (bicyclic) bond motifs is 1. The number of carbonyl (C=O) groups is 1. The molecule has 5 heteroatoms. The zero-order valence-corrected chi connectivity index (χ0v) is 13.8. The molecule has 0 aliphatic carbocycles. The molecule has 2 aromatic carbocycles. The molecule has 5 nitrogen and oxygen atoms in total.